The number of alkyl halides is 18. The Balaban J connectivity index is 0.000000352. The van der Waals surface area contributed by atoms with E-state index in [-0.39, 0.29) is 59.7 Å². The second-order valence-electron chi connectivity index (χ2n) is 17.0. The van der Waals surface area contributed by atoms with Gasteiger partial charge in [0, 0.05) is 70.9 Å². The van der Waals surface area contributed by atoms with Gasteiger partial charge in [0.1, 0.15) is 5.78 Å². The van der Waals surface area contributed by atoms with E-state index in [1.165, 1.54) is 20.0 Å². The normalized spacial score (nSPS) is 16.3. The first kappa shape index (κ1) is 61.0. The highest BCUT2D eigenvalue weighted by Crippen LogP contribution is 2.57. The molecule has 0 spiro atoms. The van der Waals surface area contributed by atoms with Crippen LogP contribution in [-0.4, -0.2) is 84.7 Å². The summed E-state index contributed by atoms with van der Waals surface area (Å²) in [5, 5.41) is 28.2. The Labute approximate surface area is 412 Å². The summed E-state index contributed by atoms with van der Waals surface area (Å²) in [7, 11) is 2.41. The Morgan fingerprint density at radius 1 is 0.453 bits per heavy atom. The molecule has 412 valence electrons. The molecule has 0 saturated heterocycles. The lowest BCUT2D eigenvalue weighted by Crippen LogP contribution is -2.54. The van der Waals surface area contributed by atoms with Crippen molar-refractivity contribution in [3.05, 3.63) is 118 Å². The molecule has 0 radical (unpaired) electrons. The minimum Gasteiger partial charge on any atom is -0.388 e. The van der Waals surface area contributed by atoms with Crippen LogP contribution in [0, 0.1) is 11.8 Å². The number of hydrogen-bond acceptors (Lipinski definition) is 8. The van der Waals surface area contributed by atoms with Crippen LogP contribution in [0.2, 0.25) is 0 Å². The fourth-order valence-corrected chi connectivity index (χ4v) is 8.15. The van der Waals surface area contributed by atoms with Crippen LogP contribution in [-0.2, 0) is 26.2 Å². The van der Waals surface area contributed by atoms with Crippen molar-refractivity contribution in [3.8, 4) is 0 Å². The number of ketones is 2. The van der Waals surface area contributed by atoms with Gasteiger partial charge in [-0.15, -0.1) is 0 Å². The second kappa shape index (κ2) is 21.6. The lowest BCUT2D eigenvalue weighted by Gasteiger charge is -2.38. The van der Waals surface area contributed by atoms with E-state index in [4.69, 9.17) is 0 Å². The molecule has 1 saturated carbocycles. The number of amides is 2. The molecule has 5 rings (SSSR count). The van der Waals surface area contributed by atoms with Crippen molar-refractivity contribution in [2.24, 2.45) is 11.8 Å². The highest BCUT2D eigenvalue weighted by atomic mass is 19.4. The van der Waals surface area contributed by atoms with Gasteiger partial charge in [-0.25, -0.2) is 0 Å². The van der Waals surface area contributed by atoms with Crippen molar-refractivity contribution in [2.75, 3.05) is 35.4 Å². The smallest absolute Gasteiger partial charge is 0.388 e. The zero-order valence-electron chi connectivity index (χ0n) is 38.9. The SMILES string of the molecule is CNc1ccc(NC(=O)C2CCC(C(C)=O)CC2)c(C(O)(C(F)(F)F)C(F)(F)F)c1.CNc1ccc(NC(=O)c2ccc(C(c3ccc(C(C)=O)cc3)(C(F)(F)F)C(F)(F)F)cc2)c(C(O)(C(F)(F)F)C(F)(F)F)c1. The van der Waals surface area contributed by atoms with Crippen molar-refractivity contribution in [2.45, 2.75) is 93.2 Å². The first-order valence-corrected chi connectivity index (χ1v) is 21.5. The molecule has 1 fully saturated rings. The second-order valence-corrected chi connectivity index (χ2v) is 17.0. The van der Waals surface area contributed by atoms with E-state index in [0.29, 0.717) is 49.2 Å². The van der Waals surface area contributed by atoms with Crippen molar-refractivity contribution < 1.29 is 108 Å². The third kappa shape index (κ3) is 11.9. The molecule has 6 N–H and O–H groups in total. The summed E-state index contributed by atoms with van der Waals surface area (Å²) in [6.07, 6.45) is -35.6. The van der Waals surface area contributed by atoms with Gasteiger partial charge in [-0.3, -0.25) is 19.2 Å². The van der Waals surface area contributed by atoms with Crippen LogP contribution in [0.1, 0.15) is 82.5 Å². The maximum absolute atomic E-state index is 14.4. The first-order chi connectivity index (χ1) is 34.1. The Morgan fingerprint density at radius 3 is 1.09 bits per heavy atom. The summed E-state index contributed by atoms with van der Waals surface area (Å²) >= 11 is 0. The van der Waals surface area contributed by atoms with Gasteiger partial charge < -0.3 is 31.5 Å². The molecule has 4 aromatic rings. The van der Waals surface area contributed by atoms with Gasteiger partial charge in [0.2, 0.25) is 11.3 Å². The Hall–Kier alpha value is -6.58. The fraction of sp³-hybridized carbons (Fsp3) is 0.404. The summed E-state index contributed by atoms with van der Waals surface area (Å²) in [5.74, 6) is -3.85. The quantitative estimate of drug-likeness (QED) is 0.0605. The van der Waals surface area contributed by atoms with E-state index in [1.807, 2.05) is 0 Å². The summed E-state index contributed by atoms with van der Waals surface area (Å²) < 4.78 is 248. The topological polar surface area (TPSA) is 157 Å². The lowest BCUT2D eigenvalue weighted by molar-refractivity contribution is -0.376. The molecule has 28 heteroatoms. The van der Waals surface area contributed by atoms with E-state index < -0.39 is 116 Å². The largest absolute Gasteiger partial charge is 0.430 e. The fourth-order valence-electron chi connectivity index (χ4n) is 8.15. The average Bonchev–Trinajstić information content (AvgIpc) is 3.29. The van der Waals surface area contributed by atoms with Crippen molar-refractivity contribution in [3.63, 3.8) is 0 Å². The number of carbonyl (C=O) groups is 4. The van der Waals surface area contributed by atoms with E-state index in [0.717, 1.165) is 38.2 Å². The molecule has 0 aromatic heterocycles. The van der Waals surface area contributed by atoms with Gasteiger partial charge in [-0.1, -0.05) is 36.4 Å². The molecular weight excluding hydrogens is 1060 g/mol. The summed E-state index contributed by atoms with van der Waals surface area (Å²) in [6, 6.07) is 8.15. The summed E-state index contributed by atoms with van der Waals surface area (Å²) in [6.45, 7) is 2.46. The third-order valence-electron chi connectivity index (χ3n) is 12.4. The van der Waals surface area contributed by atoms with Gasteiger partial charge in [-0.2, -0.15) is 79.0 Å². The molecule has 1 aliphatic rings. The van der Waals surface area contributed by atoms with Gasteiger partial charge in [0.25, 0.3) is 17.1 Å². The van der Waals surface area contributed by atoms with Crippen molar-refractivity contribution in [1.82, 2.24) is 0 Å². The predicted octanol–water partition coefficient (Wildman–Crippen LogP) is 12.3. The van der Waals surface area contributed by atoms with E-state index in [2.05, 4.69) is 16.0 Å². The lowest BCUT2D eigenvalue weighted by atomic mass is 9.72. The average molecular weight is 1100 g/mol. The number of nitrogens with one attached hydrogen (secondary N) is 4. The molecule has 0 heterocycles. The third-order valence-corrected chi connectivity index (χ3v) is 12.4. The van der Waals surface area contributed by atoms with Crippen LogP contribution in [0.5, 0.6) is 0 Å². The maximum atomic E-state index is 14.4. The molecule has 10 nitrogen and oxygen atoms in total. The predicted molar refractivity (Wildman–Crippen MR) is 232 cm³/mol. The van der Waals surface area contributed by atoms with E-state index in [1.54, 1.807) is 5.32 Å². The molecule has 2 amide bonds. The highest BCUT2D eigenvalue weighted by Gasteiger charge is 2.74. The highest BCUT2D eigenvalue weighted by molar-refractivity contribution is 6.05. The minimum atomic E-state index is -6.36. The molecule has 1 aliphatic carbocycles. The number of carbonyl (C=O) groups excluding carboxylic acids is 4. The van der Waals surface area contributed by atoms with Crippen molar-refractivity contribution >= 4 is 46.1 Å². The number of anilines is 4. The first-order valence-electron chi connectivity index (χ1n) is 21.5. The van der Waals surface area contributed by atoms with Gasteiger partial charge in [-0.05, 0) is 99.2 Å². The maximum Gasteiger partial charge on any atom is 0.430 e. The van der Waals surface area contributed by atoms with Crippen LogP contribution >= 0.6 is 0 Å². The summed E-state index contributed by atoms with van der Waals surface area (Å²) in [5.41, 5.74) is -25.0. The van der Waals surface area contributed by atoms with Crippen LogP contribution in [0.15, 0.2) is 84.9 Å². The van der Waals surface area contributed by atoms with Gasteiger partial charge in [0.05, 0.1) is 0 Å². The van der Waals surface area contributed by atoms with Crippen LogP contribution in [0.25, 0.3) is 0 Å². The molecule has 0 aliphatic heterocycles. The van der Waals surface area contributed by atoms with Gasteiger partial charge >= 0.3 is 37.1 Å². The molecule has 4 aromatic carbocycles. The van der Waals surface area contributed by atoms with Crippen LogP contribution < -0.4 is 21.3 Å². The number of Topliss-reactive ketones (excluding diaryl/α,β-unsaturated/α-hetero) is 2. The Bertz CT molecular complexity index is 2660. The molecule has 0 atom stereocenters. The van der Waals surface area contributed by atoms with E-state index >= 15 is 0 Å². The number of aliphatic hydroxyl groups is 2. The Morgan fingerprint density at radius 2 is 0.787 bits per heavy atom. The zero-order chi connectivity index (χ0) is 57.3. The van der Waals surface area contributed by atoms with Crippen LogP contribution in [0.3, 0.4) is 0 Å². The Kier molecular flexibility index (Phi) is 17.5. The number of benzene rings is 4. The number of halogens is 18. The van der Waals surface area contributed by atoms with Crippen LogP contribution in [0.4, 0.5) is 102 Å². The van der Waals surface area contributed by atoms with E-state index in [9.17, 15) is 108 Å². The monoisotopic (exact) mass is 1100 g/mol. The zero-order valence-corrected chi connectivity index (χ0v) is 38.9. The molecule has 75 heavy (non-hydrogen) atoms. The summed E-state index contributed by atoms with van der Waals surface area (Å²) in [4.78, 5) is 48.3. The standard InChI is InChI=1S/C28H20F12N2O3.C19H22F6N2O3/c1-14(43)15-3-7-17(8-4-15)23(25(29,30)31,26(32,33)34)18-9-5-16(6-10-18)22(44)42-21-12-11-19(41-2)13-20(21)24(45,27(35,36)37)28(38,39)40;1-10(28)11-3-5-12(6-4-11)16(29)27-15-8-7-13(26-2)9-14(15)17(30,18(20,21)22)19(23,24)25/h3-13,41,45H,1-2H3,(H,42,44);7-9,11-12,26,30H,3-6H2,1-2H3,(H,27,29). The minimum absolute atomic E-state index is 0.0285. The number of hydrogen-bond donors (Lipinski definition) is 6. The molecule has 0 bridgehead atoms. The molecular formula is C47H42F18N4O6. The number of rotatable bonds is 12. The van der Waals surface area contributed by atoms with Crippen molar-refractivity contribution in [1.29, 1.82) is 0 Å². The van der Waals surface area contributed by atoms with Gasteiger partial charge in [0.15, 0.2) is 5.78 Å². The molecule has 0 unspecified atom stereocenters.